The molecule has 9 nitrogen and oxygen atoms in total. The molecular formula is C24H23FN6O3. The van der Waals surface area contributed by atoms with Gasteiger partial charge in [-0.25, -0.2) is 19.2 Å². The van der Waals surface area contributed by atoms with Crippen LogP contribution in [0.2, 0.25) is 0 Å². The van der Waals surface area contributed by atoms with Gasteiger partial charge in [-0.3, -0.25) is 4.98 Å². The number of carbonyl (C=O) groups is 1. The van der Waals surface area contributed by atoms with Crippen LogP contribution in [-0.2, 0) is 0 Å². The van der Waals surface area contributed by atoms with Gasteiger partial charge in [-0.15, -0.1) is 0 Å². The SMILES string of the molecule is CC(C)c1nc(C2CCN(c3ncnc4c(-c5ccc(C(=O)O)cn5)cc(F)cc34)CC2)no1. The van der Waals surface area contributed by atoms with Gasteiger partial charge in [0.2, 0.25) is 5.89 Å². The molecule has 0 radical (unpaired) electrons. The summed E-state index contributed by atoms with van der Waals surface area (Å²) in [6, 6.07) is 5.79. The minimum absolute atomic E-state index is 0.0600. The number of halogens is 1. The third-order valence-electron chi connectivity index (χ3n) is 6.08. The molecule has 5 rings (SSSR count). The van der Waals surface area contributed by atoms with E-state index < -0.39 is 11.8 Å². The van der Waals surface area contributed by atoms with Crippen LogP contribution in [0.1, 0.15) is 60.6 Å². The number of fused-ring (bicyclic) bond motifs is 1. The summed E-state index contributed by atoms with van der Waals surface area (Å²) < 4.78 is 20.0. The summed E-state index contributed by atoms with van der Waals surface area (Å²) >= 11 is 0. The van der Waals surface area contributed by atoms with Crippen molar-refractivity contribution in [2.45, 2.75) is 38.5 Å². The fourth-order valence-electron chi connectivity index (χ4n) is 4.24. The summed E-state index contributed by atoms with van der Waals surface area (Å²) in [7, 11) is 0. The van der Waals surface area contributed by atoms with E-state index in [1.807, 2.05) is 13.8 Å². The fourth-order valence-corrected chi connectivity index (χ4v) is 4.24. The number of nitrogens with zero attached hydrogens (tertiary/aromatic N) is 6. The van der Waals surface area contributed by atoms with Crippen molar-refractivity contribution in [2.24, 2.45) is 0 Å². The van der Waals surface area contributed by atoms with Gasteiger partial charge in [-0.2, -0.15) is 4.98 Å². The van der Waals surface area contributed by atoms with Gasteiger partial charge >= 0.3 is 5.97 Å². The number of rotatable bonds is 5. The molecule has 34 heavy (non-hydrogen) atoms. The van der Waals surface area contributed by atoms with Crippen molar-refractivity contribution in [2.75, 3.05) is 18.0 Å². The van der Waals surface area contributed by atoms with Crippen LogP contribution in [-0.4, -0.2) is 49.3 Å². The van der Waals surface area contributed by atoms with Crippen LogP contribution in [0, 0.1) is 5.82 Å². The smallest absolute Gasteiger partial charge is 0.337 e. The average molecular weight is 462 g/mol. The Balaban J connectivity index is 1.44. The van der Waals surface area contributed by atoms with Crippen LogP contribution in [0.3, 0.4) is 0 Å². The van der Waals surface area contributed by atoms with E-state index in [1.165, 1.54) is 30.7 Å². The summed E-state index contributed by atoms with van der Waals surface area (Å²) in [5, 5.41) is 13.9. The number of piperidine rings is 1. The topological polar surface area (TPSA) is 118 Å². The highest BCUT2D eigenvalue weighted by Crippen LogP contribution is 2.35. The second-order valence-electron chi connectivity index (χ2n) is 8.69. The molecule has 3 aromatic heterocycles. The van der Waals surface area contributed by atoms with Crippen molar-refractivity contribution in [1.29, 1.82) is 0 Å². The van der Waals surface area contributed by atoms with Crippen molar-refractivity contribution in [1.82, 2.24) is 25.1 Å². The van der Waals surface area contributed by atoms with E-state index in [0.29, 0.717) is 47.0 Å². The number of carboxylic acid groups (broad SMARTS) is 1. The fraction of sp³-hybridized carbons (Fsp3) is 0.333. The summed E-state index contributed by atoms with van der Waals surface area (Å²) in [5.41, 5.74) is 1.54. The van der Waals surface area contributed by atoms with E-state index in [9.17, 15) is 9.18 Å². The van der Waals surface area contributed by atoms with Crippen LogP contribution >= 0.6 is 0 Å². The highest BCUT2D eigenvalue weighted by Gasteiger charge is 2.27. The first-order chi connectivity index (χ1) is 16.4. The van der Waals surface area contributed by atoms with Gasteiger partial charge in [0.25, 0.3) is 0 Å². The van der Waals surface area contributed by atoms with Gasteiger partial charge in [0.05, 0.1) is 16.8 Å². The molecule has 174 valence electrons. The summed E-state index contributed by atoms with van der Waals surface area (Å²) in [4.78, 5) is 30.9. The van der Waals surface area contributed by atoms with Crippen molar-refractivity contribution in [3.63, 3.8) is 0 Å². The Labute approximate surface area is 194 Å². The second-order valence-corrected chi connectivity index (χ2v) is 8.69. The Morgan fingerprint density at radius 2 is 1.97 bits per heavy atom. The lowest BCUT2D eigenvalue weighted by Crippen LogP contribution is -2.34. The minimum atomic E-state index is -1.07. The molecule has 1 aromatic carbocycles. The Hall–Kier alpha value is -3.95. The van der Waals surface area contributed by atoms with Crippen molar-refractivity contribution >= 4 is 22.7 Å². The van der Waals surface area contributed by atoms with E-state index in [2.05, 4.69) is 30.0 Å². The molecule has 0 amide bonds. The Kier molecular flexibility index (Phi) is 5.64. The molecule has 1 aliphatic heterocycles. The standard InChI is InChI=1S/C24H23FN6O3/c1-13(2)23-29-21(30-34-23)14-5-7-31(8-6-14)22-18-10-16(25)9-17(20(18)27-12-28-22)19-4-3-15(11-26-19)24(32)33/h3-4,9-14H,5-8H2,1-2H3,(H,32,33). The first-order valence-corrected chi connectivity index (χ1v) is 11.1. The lowest BCUT2D eigenvalue weighted by Gasteiger charge is -2.32. The van der Waals surface area contributed by atoms with E-state index in [-0.39, 0.29) is 17.4 Å². The maximum absolute atomic E-state index is 14.7. The molecule has 4 aromatic rings. The normalized spacial score (nSPS) is 14.8. The van der Waals surface area contributed by atoms with Gasteiger partial charge in [-0.1, -0.05) is 19.0 Å². The third kappa shape index (κ3) is 4.07. The number of benzene rings is 1. The molecule has 1 fully saturated rings. The van der Waals surface area contributed by atoms with Crippen molar-refractivity contribution in [3.8, 4) is 11.3 Å². The van der Waals surface area contributed by atoms with Gasteiger partial charge < -0.3 is 14.5 Å². The van der Waals surface area contributed by atoms with E-state index in [4.69, 9.17) is 9.63 Å². The molecular weight excluding hydrogens is 439 g/mol. The highest BCUT2D eigenvalue weighted by atomic mass is 19.1. The van der Waals surface area contributed by atoms with Crippen LogP contribution in [0.25, 0.3) is 22.2 Å². The maximum atomic E-state index is 14.7. The number of aromatic carboxylic acids is 1. The van der Waals surface area contributed by atoms with Crippen LogP contribution in [0.4, 0.5) is 10.2 Å². The molecule has 4 heterocycles. The van der Waals surface area contributed by atoms with E-state index in [0.717, 1.165) is 18.7 Å². The Morgan fingerprint density at radius 1 is 1.18 bits per heavy atom. The average Bonchev–Trinajstić information content (AvgIpc) is 3.34. The van der Waals surface area contributed by atoms with Crippen LogP contribution in [0.15, 0.2) is 41.3 Å². The van der Waals surface area contributed by atoms with Gasteiger partial charge in [0.15, 0.2) is 5.82 Å². The molecule has 0 saturated carbocycles. The third-order valence-corrected chi connectivity index (χ3v) is 6.08. The summed E-state index contributed by atoms with van der Waals surface area (Å²) in [6.07, 6.45) is 4.36. The second kappa shape index (κ2) is 8.77. The zero-order valence-corrected chi connectivity index (χ0v) is 18.8. The predicted molar refractivity (Wildman–Crippen MR) is 122 cm³/mol. The van der Waals surface area contributed by atoms with Crippen LogP contribution < -0.4 is 4.90 Å². The van der Waals surface area contributed by atoms with Gasteiger partial charge in [0, 0.05) is 42.1 Å². The number of carboxylic acids is 1. The van der Waals surface area contributed by atoms with Crippen molar-refractivity contribution < 1.29 is 18.8 Å². The minimum Gasteiger partial charge on any atom is -0.478 e. The number of hydrogen-bond donors (Lipinski definition) is 1. The first kappa shape index (κ1) is 21.9. The first-order valence-electron chi connectivity index (χ1n) is 11.1. The highest BCUT2D eigenvalue weighted by molar-refractivity contribution is 5.99. The quantitative estimate of drug-likeness (QED) is 0.460. The number of hydrogen-bond acceptors (Lipinski definition) is 8. The summed E-state index contributed by atoms with van der Waals surface area (Å²) in [6.45, 7) is 5.45. The molecule has 1 N–H and O–H groups in total. The molecule has 0 unspecified atom stereocenters. The Morgan fingerprint density at radius 3 is 2.62 bits per heavy atom. The monoisotopic (exact) mass is 462 g/mol. The van der Waals surface area contributed by atoms with Gasteiger partial charge in [0.1, 0.15) is 18.0 Å². The molecule has 10 heteroatoms. The lowest BCUT2D eigenvalue weighted by atomic mass is 9.95. The van der Waals surface area contributed by atoms with E-state index in [1.54, 1.807) is 6.07 Å². The molecule has 0 aliphatic carbocycles. The Bertz CT molecular complexity index is 1350. The summed E-state index contributed by atoms with van der Waals surface area (Å²) in [5.74, 6) is 0.912. The number of aromatic nitrogens is 5. The van der Waals surface area contributed by atoms with Crippen molar-refractivity contribution in [3.05, 3.63) is 59.9 Å². The molecule has 0 bridgehead atoms. The molecule has 0 atom stereocenters. The maximum Gasteiger partial charge on any atom is 0.337 e. The number of pyridine rings is 1. The van der Waals surface area contributed by atoms with E-state index >= 15 is 0 Å². The van der Waals surface area contributed by atoms with Crippen LogP contribution in [0.5, 0.6) is 0 Å². The molecule has 1 aliphatic rings. The molecule has 1 saturated heterocycles. The zero-order valence-electron chi connectivity index (χ0n) is 18.8. The zero-order chi connectivity index (χ0) is 23.8. The molecule has 0 spiro atoms. The van der Waals surface area contributed by atoms with Gasteiger partial charge in [-0.05, 0) is 37.1 Å². The lowest BCUT2D eigenvalue weighted by molar-refractivity contribution is 0.0696. The largest absolute Gasteiger partial charge is 0.478 e. The number of anilines is 1. The predicted octanol–water partition coefficient (Wildman–Crippen LogP) is 4.42.